The van der Waals surface area contributed by atoms with Crippen LogP contribution in [0.4, 0.5) is 5.82 Å². The van der Waals surface area contributed by atoms with Gasteiger partial charge in [0, 0.05) is 64.1 Å². The first-order valence-corrected chi connectivity index (χ1v) is 13.2. The minimum Gasteiger partial charge on any atom is -0.365 e. The molecule has 5 rings (SSSR count). The van der Waals surface area contributed by atoms with Gasteiger partial charge in [0.1, 0.15) is 5.82 Å². The van der Waals surface area contributed by atoms with E-state index in [0.29, 0.717) is 29.8 Å². The normalized spacial score (nSPS) is 17.5. The molecule has 0 saturated carbocycles. The van der Waals surface area contributed by atoms with Gasteiger partial charge in [-0.25, -0.2) is 17.7 Å². The molecule has 0 radical (unpaired) electrons. The molecule has 1 fully saturated rings. The Labute approximate surface area is 199 Å². The highest BCUT2D eigenvalue weighted by atomic mass is 79.9. The van der Waals surface area contributed by atoms with E-state index in [1.165, 1.54) is 10.6 Å². The number of nitrogens with zero attached hydrogens (tertiary/aromatic N) is 3. The molecule has 0 spiro atoms. The molecule has 1 atom stereocenters. The standard InChI is InChI=1S/C23H22BrN5O3S/c1-33(31,32)29-9-3-5-16(13-29)27-22-17-7-6-15(24)10-18(17)20-21(28-22)19(12-26-23(20)30)14-4-2-8-25-11-14/h2,4,6-8,10-12,16H,3,5,9,13H2,1H3,(H,26,30)(H,27,28)/t16-/m0/s1. The molecule has 3 aromatic heterocycles. The second-order valence-corrected chi connectivity index (χ2v) is 11.1. The molecule has 4 heterocycles. The highest BCUT2D eigenvalue weighted by molar-refractivity contribution is 9.10. The Kier molecular flexibility index (Phi) is 5.67. The molecular weight excluding hydrogens is 506 g/mol. The van der Waals surface area contributed by atoms with Gasteiger partial charge in [0.15, 0.2) is 0 Å². The highest BCUT2D eigenvalue weighted by Gasteiger charge is 2.27. The third kappa shape index (κ3) is 4.25. The number of piperidine rings is 1. The van der Waals surface area contributed by atoms with Crippen LogP contribution in [0.15, 0.2) is 58.2 Å². The molecule has 0 bridgehead atoms. The minimum absolute atomic E-state index is 0.0888. The van der Waals surface area contributed by atoms with Crippen LogP contribution in [0.5, 0.6) is 0 Å². The first-order valence-electron chi connectivity index (χ1n) is 10.6. The van der Waals surface area contributed by atoms with Gasteiger partial charge >= 0.3 is 0 Å². The Morgan fingerprint density at radius 2 is 2.09 bits per heavy atom. The van der Waals surface area contributed by atoms with Crippen molar-refractivity contribution in [1.29, 1.82) is 0 Å². The van der Waals surface area contributed by atoms with Crippen molar-refractivity contribution in [2.75, 3.05) is 24.7 Å². The van der Waals surface area contributed by atoms with Crippen LogP contribution >= 0.6 is 15.9 Å². The van der Waals surface area contributed by atoms with E-state index in [1.54, 1.807) is 18.6 Å². The van der Waals surface area contributed by atoms with E-state index >= 15 is 0 Å². The van der Waals surface area contributed by atoms with Gasteiger partial charge < -0.3 is 10.3 Å². The molecule has 1 aliphatic rings. The van der Waals surface area contributed by atoms with Crippen LogP contribution in [-0.4, -0.2) is 53.1 Å². The number of sulfonamides is 1. The maximum atomic E-state index is 12.9. The first-order chi connectivity index (χ1) is 15.8. The topological polar surface area (TPSA) is 108 Å². The van der Waals surface area contributed by atoms with Crippen molar-refractivity contribution in [3.8, 4) is 11.1 Å². The quantitative estimate of drug-likeness (QED) is 0.391. The molecule has 8 nitrogen and oxygen atoms in total. The summed E-state index contributed by atoms with van der Waals surface area (Å²) >= 11 is 3.52. The lowest BCUT2D eigenvalue weighted by Crippen LogP contribution is -2.44. The van der Waals surface area contributed by atoms with Gasteiger partial charge in [-0.3, -0.25) is 9.78 Å². The Morgan fingerprint density at radius 3 is 2.85 bits per heavy atom. The van der Waals surface area contributed by atoms with Gasteiger partial charge in [0.05, 0.1) is 17.2 Å². The Bertz CT molecular complexity index is 1520. The second-order valence-electron chi connectivity index (χ2n) is 8.25. The van der Waals surface area contributed by atoms with E-state index < -0.39 is 10.0 Å². The molecule has 1 aliphatic heterocycles. The van der Waals surface area contributed by atoms with Crippen LogP contribution in [0.25, 0.3) is 32.8 Å². The number of pyridine rings is 3. The zero-order valence-electron chi connectivity index (χ0n) is 17.9. The second kappa shape index (κ2) is 8.51. The predicted molar refractivity (Wildman–Crippen MR) is 134 cm³/mol. The summed E-state index contributed by atoms with van der Waals surface area (Å²) in [6.45, 7) is 0.901. The number of benzene rings is 1. The van der Waals surface area contributed by atoms with Gasteiger partial charge in [0.25, 0.3) is 5.56 Å². The van der Waals surface area contributed by atoms with Crippen molar-refractivity contribution in [2.45, 2.75) is 18.9 Å². The van der Waals surface area contributed by atoms with Gasteiger partial charge in [-0.1, -0.05) is 22.0 Å². The summed E-state index contributed by atoms with van der Waals surface area (Å²) < 4.78 is 26.5. The first kappa shape index (κ1) is 22.0. The van der Waals surface area contributed by atoms with Gasteiger partial charge in [0.2, 0.25) is 10.0 Å². The van der Waals surface area contributed by atoms with E-state index in [2.05, 4.69) is 31.2 Å². The van der Waals surface area contributed by atoms with Crippen molar-refractivity contribution in [2.24, 2.45) is 0 Å². The van der Waals surface area contributed by atoms with Crippen LogP contribution in [0, 0.1) is 0 Å². The molecule has 33 heavy (non-hydrogen) atoms. The Hall–Kier alpha value is -2.82. The smallest absolute Gasteiger partial charge is 0.258 e. The predicted octanol–water partition coefficient (Wildman–Crippen LogP) is 3.74. The fourth-order valence-corrected chi connectivity index (χ4v) is 5.67. The maximum absolute atomic E-state index is 12.9. The Balaban J connectivity index is 1.71. The largest absolute Gasteiger partial charge is 0.365 e. The van der Waals surface area contributed by atoms with Crippen molar-refractivity contribution in [3.63, 3.8) is 0 Å². The van der Waals surface area contributed by atoms with Gasteiger partial charge in [-0.15, -0.1) is 0 Å². The number of halogens is 1. The van der Waals surface area contributed by atoms with E-state index in [4.69, 9.17) is 4.98 Å². The molecule has 0 aliphatic carbocycles. The average Bonchev–Trinajstić information content (AvgIpc) is 2.79. The number of fused-ring (bicyclic) bond motifs is 3. The highest BCUT2D eigenvalue weighted by Crippen LogP contribution is 2.34. The van der Waals surface area contributed by atoms with Crippen LogP contribution in [0.2, 0.25) is 0 Å². The molecule has 170 valence electrons. The monoisotopic (exact) mass is 527 g/mol. The number of hydrogen-bond acceptors (Lipinski definition) is 6. The van der Waals surface area contributed by atoms with Crippen molar-refractivity contribution >= 4 is 53.4 Å². The summed E-state index contributed by atoms with van der Waals surface area (Å²) in [6, 6.07) is 9.41. The molecule has 0 amide bonds. The molecule has 1 aromatic carbocycles. The number of aromatic amines is 1. The van der Waals surface area contributed by atoms with E-state index in [-0.39, 0.29) is 11.6 Å². The number of nitrogens with one attached hydrogen (secondary N) is 2. The van der Waals surface area contributed by atoms with Crippen LogP contribution in [-0.2, 0) is 10.0 Å². The summed E-state index contributed by atoms with van der Waals surface area (Å²) in [4.78, 5) is 24.9. The lowest BCUT2D eigenvalue weighted by molar-refractivity contribution is 0.329. The molecule has 0 unspecified atom stereocenters. The molecule has 1 saturated heterocycles. The number of rotatable bonds is 4. The van der Waals surface area contributed by atoms with Crippen molar-refractivity contribution in [3.05, 3.63) is 63.7 Å². The third-order valence-corrected chi connectivity index (χ3v) is 7.73. The summed E-state index contributed by atoms with van der Waals surface area (Å²) in [5.41, 5.74) is 1.95. The number of hydrogen-bond donors (Lipinski definition) is 2. The van der Waals surface area contributed by atoms with Crippen molar-refractivity contribution < 1.29 is 8.42 Å². The summed E-state index contributed by atoms with van der Waals surface area (Å²) in [5.74, 6) is 0.626. The van der Waals surface area contributed by atoms with Crippen molar-refractivity contribution in [1.82, 2.24) is 19.3 Å². The van der Waals surface area contributed by atoms with Gasteiger partial charge in [-0.2, -0.15) is 0 Å². The number of aromatic nitrogens is 3. The molecular formula is C23H22BrN5O3S. The minimum atomic E-state index is -3.27. The lowest BCUT2D eigenvalue weighted by atomic mass is 10.0. The number of H-pyrrole nitrogens is 1. The van der Waals surface area contributed by atoms with Crippen LogP contribution < -0.4 is 10.9 Å². The third-order valence-electron chi connectivity index (χ3n) is 5.96. The fraction of sp³-hybridized carbons (Fsp3) is 0.261. The number of anilines is 1. The molecule has 4 aromatic rings. The van der Waals surface area contributed by atoms with E-state index in [1.807, 2.05) is 30.3 Å². The fourth-order valence-electron chi connectivity index (χ4n) is 4.40. The summed E-state index contributed by atoms with van der Waals surface area (Å²) in [7, 11) is -3.27. The van der Waals surface area contributed by atoms with Gasteiger partial charge in [-0.05, 0) is 37.1 Å². The molecule has 10 heteroatoms. The maximum Gasteiger partial charge on any atom is 0.258 e. The zero-order valence-corrected chi connectivity index (χ0v) is 20.3. The van der Waals surface area contributed by atoms with Crippen LogP contribution in [0.3, 0.4) is 0 Å². The summed E-state index contributed by atoms with van der Waals surface area (Å²) in [5, 5.41) is 5.54. The Morgan fingerprint density at radius 1 is 1.24 bits per heavy atom. The molecule has 2 N–H and O–H groups in total. The van der Waals surface area contributed by atoms with E-state index in [9.17, 15) is 13.2 Å². The summed E-state index contributed by atoms with van der Waals surface area (Å²) in [6.07, 6.45) is 7.92. The van der Waals surface area contributed by atoms with Crippen LogP contribution in [0.1, 0.15) is 12.8 Å². The zero-order chi connectivity index (χ0) is 23.2. The van der Waals surface area contributed by atoms with E-state index in [0.717, 1.165) is 39.2 Å². The lowest BCUT2D eigenvalue weighted by Gasteiger charge is -2.32. The average molecular weight is 528 g/mol. The SMILES string of the molecule is CS(=O)(=O)N1CCC[C@H](Nc2nc3c(-c4cccnc4)c[nH]c(=O)c3c3cc(Br)ccc23)C1.